The van der Waals surface area contributed by atoms with E-state index in [1.807, 2.05) is 0 Å². The van der Waals surface area contributed by atoms with E-state index in [-0.39, 0.29) is 11.9 Å². The first-order chi connectivity index (χ1) is 9.72. The summed E-state index contributed by atoms with van der Waals surface area (Å²) in [5.41, 5.74) is 5.66. The van der Waals surface area contributed by atoms with Gasteiger partial charge >= 0.3 is 0 Å². The van der Waals surface area contributed by atoms with E-state index < -0.39 is 0 Å². The molecule has 1 atom stereocenters. The second-order valence-corrected chi connectivity index (χ2v) is 6.48. The summed E-state index contributed by atoms with van der Waals surface area (Å²) >= 11 is 0. The number of nitrogens with one attached hydrogen (secondary N) is 1. The number of amides is 1. The third-order valence-corrected chi connectivity index (χ3v) is 4.99. The lowest BCUT2D eigenvalue weighted by atomic mass is 10.1. The normalized spacial score (nSPS) is 22.6. The van der Waals surface area contributed by atoms with Gasteiger partial charge in [-0.3, -0.25) is 9.69 Å². The fourth-order valence-corrected chi connectivity index (χ4v) is 3.74. The lowest BCUT2D eigenvalue weighted by Gasteiger charge is -2.34. The summed E-state index contributed by atoms with van der Waals surface area (Å²) < 4.78 is 0. The van der Waals surface area contributed by atoms with Crippen LogP contribution in [0.4, 0.5) is 0 Å². The van der Waals surface area contributed by atoms with Gasteiger partial charge in [0.15, 0.2) is 0 Å². The van der Waals surface area contributed by atoms with Crippen molar-refractivity contribution >= 4 is 5.91 Å². The molecule has 4 heteroatoms. The Morgan fingerprint density at radius 3 is 2.40 bits per heavy atom. The van der Waals surface area contributed by atoms with E-state index in [9.17, 15) is 4.79 Å². The van der Waals surface area contributed by atoms with Crippen molar-refractivity contribution in [2.75, 3.05) is 13.1 Å². The van der Waals surface area contributed by atoms with Gasteiger partial charge in [-0.15, -0.1) is 0 Å². The molecule has 0 spiro atoms. The van der Waals surface area contributed by atoms with Gasteiger partial charge in [-0.05, 0) is 45.6 Å². The third kappa shape index (κ3) is 4.19. The molecule has 0 aromatic rings. The average molecular weight is 281 g/mol. The molecule has 116 valence electrons. The van der Waals surface area contributed by atoms with Crippen molar-refractivity contribution in [1.29, 1.82) is 0 Å². The van der Waals surface area contributed by atoms with Gasteiger partial charge in [-0.1, -0.05) is 25.7 Å². The van der Waals surface area contributed by atoms with Crippen molar-refractivity contribution in [2.24, 2.45) is 5.73 Å². The number of nitrogens with zero attached hydrogens (tertiary/aromatic N) is 1. The molecule has 0 aliphatic heterocycles. The van der Waals surface area contributed by atoms with Gasteiger partial charge in [0.25, 0.3) is 0 Å². The van der Waals surface area contributed by atoms with Crippen LogP contribution in [0.15, 0.2) is 0 Å². The largest absolute Gasteiger partial charge is 0.352 e. The zero-order valence-corrected chi connectivity index (χ0v) is 12.9. The number of hydrogen-bond donors (Lipinski definition) is 2. The zero-order valence-electron chi connectivity index (χ0n) is 12.9. The highest BCUT2D eigenvalue weighted by Crippen LogP contribution is 2.25. The van der Waals surface area contributed by atoms with E-state index in [0.29, 0.717) is 18.6 Å². The summed E-state index contributed by atoms with van der Waals surface area (Å²) in [5.74, 6) is 0.223. The van der Waals surface area contributed by atoms with Gasteiger partial charge in [0.2, 0.25) is 5.91 Å². The highest BCUT2D eigenvalue weighted by atomic mass is 16.2. The van der Waals surface area contributed by atoms with E-state index in [0.717, 1.165) is 25.8 Å². The highest BCUT2D eigenvalue weighted by Gasteiger charge is 2.30. The minimum absolute atomic E-state index is 0.00903. The van der Waals surface area contributed by atoms with Crippen molar-refractivity contribution < 1.29 is 4.79 Å². The Bertz CT molecular complexity index is 296. The quantitative estimate of drug-likeness (QED) is 0.750. The topological polar surface area (TPSA) is 58.4 Å². The van der Waals surface area contributed by atoms with Gasteiger partial charge in [0.1, 0.15) is 0 Å². The standard InChI is InChI=1S/C16H31N3O/c1-13(16(20)18-14-7-2-3-8-14)19(12-6-11-17)15-9-4-5-10-15/h13-15H,2-12,17H2,1H3,(H,18,20). The summed E-state index contributed by atoms with van der Waals surface area (Å²) in [5, 5.41) is 3.25. The van der Waals surface area contributed by atoms with Crippen LogP contribution in [0.3, 0.4) is 0 Å². The van der Waals surface area contributed by atoms with Crippen LogP contribution in [-0.4, -0.2) is 42.0 Å². The van der Waals surface area contributed by atoms with Crippen LogP contribution in [0, 0.1) is 0 Å². The van der Waals surface area contributed by atoms with Gasteiger partial charge in [-0.25, -0.2) is 0 Å². The summed E-state index contributed by atoms with van der Waals surface area (Å²) in [7, 11) is 0. The smallest absolute Gasteiger partial charge is 0.237 e. The third-order valence-electron chi connectivity index (χ3n) is 4.99. The maximum atomic E-state index is 12.5. The van der Waals surface area contributed by atoms with Crippen molar-refractivity contribution in [3.63, 3.8) is 0 Å². The van der Waals surface area contributed by atoms with Gasteiger partial charge in [-0.2, -0.15) is 0 Å². The molecule has 0 aromatic heterocycles. The van der Waals surface area contributed by atoms with Crippen LogP contribution in [0.25, 0.3) is 0 Å². The molecule has 2 rings (SSSR count). The Balaban J connectivity index is 1.89. The maximum Gasteiger partial charge on any atom is 0.237 e. The lowest BCUT2D eigenvalue weighted by Crippen LogP contribution is -2.51. The van der Waals surface area contributed by atoms with Crippen LogP contribution in [0.1, 0.15) is 64.7 Å². The molecule has 2 aliphatic carbocycles. The minimum atomic E-state index is -0.00903. The number of carbonyl (C=O) groups excluding carboxylic acids is 1. The number of rotatable bonds is 7. The molecule has 1 unspecified atom stereocenters. The molecule has 0 aromatic carbocycles. The molecule has 0 saturated heterocycles. The van der Waals surface area contributed by atoms with Crippen LogP contribution < -0.4 is 11.1 Å². The van der Waals surface area contributed by atoms with E-state index in [4.69, 9.17) is 5.73 Å². The molecule has 2 saturated carbocycles. The number of carbonyl (C=O) groups is 1. The molecular formula is C16H31N3O. The summed E-state index contributed by atoms with van der Waals surface area (Å²) in [6, 6.07) is 1.00. The van der Waals surface area contributed by atoms with Crippen LogP contribution >= 0.6 is 0 Å². The molecule has 3 N–H and O–H groups in total. The summed E-state index contributed by atoms with van der Waals surface area (Å²) in [4.78, 5) is 14.9. The molecule has 20 heavy (non-hydrogen) atoms. The Morgan fingerprint density at radius 1 is 1.20 bits per heavy atom. The second kappa shape index (κ2) is 7.99. The number of hydrogen-bond acceptors (Lipinski definition) is 3. The number of nitrogens with two attached hydrogens (primary N) is 1. The Morgan fingerprint density at radius 2 is 1.80 bits per heavy atom. The molecule has 0 radical (unpaired) electrons. The molecule has 1 amide bonds. The van der Waals surface area contributed by atoms with Crippen LogP contribution in [0.2, 0.25) is 0 Å². The lowest BCUT2D eigenvalue weighted by molar-refractivity contribution is -0.127. The van der Waals surface area contributed by atoms with Crippen LogP contribution in [-0.2, 0) is 4.79 Å². The zero-order chi connectivity index (χ0) is 14.4. The predicted octanol–water partition coefficient (Wildman–Crippen LogP) is 2.03. The minimum Gasteiger partial charge on any atom is -0.352 e. The Labute approximate surface area is 123 Å². The molecule has 2 aliphatic rings. The predicted molar refractivity (Wildman–Crippen MR) is 82.5 cm³/mol. The van der Waals surface area contributed by atoms with Gasteiger partial charge in [0.05, 0.1) is 6.04 Å². The fourth-order valence-electron chi connectivity index (χ4n) is 3.74. The average Bonchev–Trinajstić information content (AvgIpc) is 3.12. The molecule has 2 fully saturated rings. The molecule has 0 heterocycles. The highest BCUT2D eigenvalue weighted by molar-refractivity contribution is 5.81. The summed E-state index contributed by atoms with van der Waals surface area (Å²) in [6.45, 7) is 3.74. The molecule has 4 nitrogen and oxygen atoms in total. The van der Waals surface area contributed by atoms with Crippen molar-refractivity contribution in [3.8, 4) is 0 Å². The van der Waals surface area contributed by atoms with Crippen molar-refractivity contribution in [2.45, 2.75) is 82.8 Å². The van der Waals surface area contributed by atoms with E-state index >= 15 is 0 Å². The van der Waals surface area contributed by atoms with Crippen molar-refractivity contribution in [1.82, 2.24) is 10.2 Å². The first-order valence-corrected chi connectivity index (χ1v) is 8.48. The first kappa shape index (κ1) is 15.8. The van der Waals surface area contributed by atoms with Crippen molar-refractivity contribution in [3.05, 3.63) is 0 Å². The Hall–Kier alpha value is -0.610. The van der Waals surface area contributed by atoms with Crippen LogP contribution in [0.5, 0.6) is 0 Å². The molecule has 0 bridgehead atoms. The molecular weight excluding hydrogens is 250 g/mol. The fraction of sp³-hybridized carbons (Fsp3) is 0.938. The van der Waals surface area contributed by atoms with Gasteiger partial charge in [0, 0.05) is 18.6 Å². The maximum absolute atomic E-state index is 12.5. The van der Waals surface area contributed by atoms with Gasteiger partial charge < -0.3 is 11.1 Å². The SMILES string of the molecule is CC(C(=O)NC1CCCC1)N(CCCN)C1CCCC1. The Kier molecular flexibility index (Phi) is 6.30. The van der Waals surface area contributed by atoms with E-state index in [2.05, 4.69) is 17.1 Å². The van der Waals surface area contributed by atoms with E-state index in [1.165, 1.54) is 38.5 Å². The monoisotopic (exact) mass is 281 g/mol. The first-order valence-electron chi connectivity index (χ1n) is 8.48. The van der Waals surface area contributed by atoms with E-state index in [1.54, 1.807) is 0 Å². The second-order valence-electron chi connectivity index (χ2n) is 6.48. The summed E-state index contributed by atoms with van der Waals surface area (Å²) in [6.07, 6.45) is 10.9.